The highest BCUT2D eigenvalue weighted by atomic mass is 16.2. The van der Waals surface area contributed by atoms with Crippen LogP contribution in [0.15, 0.2) is 84.9 Å². The molecule has 24 heavy (non-hydrogen) atoms. The number of hydrogen-bond acceptors (Lipinski definition) is 1. The van der Waals surface area contributed by atoms with E-state index in [-0.39, 0.29) is 5.91 Å². The number of amides is 1. The third-order valence-electron chi connectivity index (χ3n) is 4.99. The number of carbonyl (C=O) groups excluding carboxylic acids is 1. The molecule has 1 atom stereocenters. The zero-order chi connectivity index (χ0) is 16.6. The minimum Gasteiger partial charge on any atom is -0.321 e. The number of hydrogen-bond donors (Lipinski definition) is 0. The Morgan fingerprint density at radius 3 is 2.08 bits per heavy atom. The molecule has 1 aliphatic rings. The van der Waals surface area contributed by atoms with E-state index in [4.69, 9.17) is 0 Å². The molecule has 0 aliphatic carbocycles. The molecule has 0 N–H and O–H groups in total. The van der Waals surface area contributed by atoms with Gasteiger partial charge in [0.1, 0.15) is 0 Å². The van der Waals surface area contributed by atoms with E-state index in [1.807, 2.05) is 59.5 Å². The van der Waals surface area contributed by atoms with Gasteiger partial charge in [-0.2, -0.15) is 0 Å². The maximum Gasteiger partial charge on any atom is 0.255 e. The van der Waals surface area contributed by atoms with E-state index >= 15 is 0 Å². The molecule has 0 spiro atoms. The second-order valence-corrected chi connectivity index (χ2v) is 6.36. The zero-order valence-corrected chi connectivity index (χ0v) is 13.6. The van der Waals surface area contributed by atoms with Gasteiger partial charge in [-0.05, 0) is 29.7 Å². The van der Waals surface area contributed by atoms with Crippen molar-refractivity contribution in [1.29, 1.82) is 0 Å². The van der Waals surface area contributed by atoms with Gasteiger partial charge in [-0.15, -0.1) is 0 Å². The fourth-order valence-electron chi connectivity index (χ4n) is 3.66. The molecule has 4 rings (SSSR count). The summed E-state index contributed by atoms with van der Waals surface area (Å²) in [5, 5.41) is 0. The van der Waals surface area contributed by atoms with E-state index in [9.17, 15) is 4.79 Å². The molecule has 3 aromatic carbocycles. The second-order valence-electron chi connectivity index (χ2n) is 6.36. The van der Waals surface area contributed by atoms with Crippen molar-refractivity contribution in [2.75, 3.05) is 0 Å². The molecular weight excluding hydrogens is 294 g/mol. The third-order valence-corrected chi connectivity index (χ3v) is 4.99. The topological polar surface area (TPSA) is 20.3 Å². The highest BCUT2D eigenvalue weighted by Crippen LogP contribution is 2.44. The van der Waals surface area contributed by atoms with Crippen LogP contribution in [0, 0.1) is 0 Å². The molecule has 0 bridgehead atoms. The number of carbonyl (C=O) groups is 1. The number of rotatable bonds is 3. The summed E-state index contributed by atoms with van der Waals surface area (Å²) < 4.78 is 0. The van der Waals surface area contributed by atoms with Crippen LogP contribution in [0.2, 0.25) is 0 Å². The summed E-state index contributed by atoms with van der Waals surface area (Å²) in [5.41, 5.74) is 3.71. The molecule has 118 valence electrons. The SMILES string of the molecule is CC1(c2ccccc2)c2ccccc2C(=O)N1Cc1ccccc1. The quantitative estimate of drug-likeness (QED) is 0.691. The normalized spacial score (nSPS) is 19.4. The van der Waals surface area contributed by atoms with E-state index in [0.29, 0.717) is 6.54 Å². The predicted octanol–water partition coefficient (Wildman–Crippen LogP) is 4.61. The summed E-state index contributed by atoms with van der Waals surface area (Å²) in [5.74, 6) is 0.0980. The average molecular weight is 313 g/mol. The molecule has 1 heterocycles. The van der Waals surface area contributed by atoms with E-state index in [1.54, 1.807) is 0 Å². The summed E-state index contributed by atoms with van der Waals surface area (Å²) in [7, 11) is 0. The Kier molecular flexibility index (Phi) is 3.46. The summed E-state index contributed by atoms with van der Waals surface area (Å²) in [4.78, 5) is 15.1. The summed E-state index contributed by atoms with van der Waals surface area (Å²) in [6.45, 7) is 2.74. The van der Waals surface area contributed by atoms with Gasteiger partial charge in [-0.3, -0.25) is 4.79 Å². The van der Waals surface area contributed by atoms with Crippen molar-refractivity contribution >= 4 is 5.91 Å². The van der Waals surface area contributed by atoms with E-state index in [1.165, 1.54) is 0 Å². The van der Waals surface area contributed by atoms with Crippen molar-refractivity contribution in [2.45, 2.75) is 19.0 Å². The van der Waals surface area contributed by atoms with Crippen molar-refractivity contribution < 1.29 is 4.79 Å². The van der Waals surface area contributed by atoms with Gasteiger partial charge in [0.05, 0.1) is 5.54 Å². The monoisotopic (exact) mass is 313 g/mol. The fourth-order valence-corrected chi connectivity index (χ4v) is 3.66. The first-order chi connectivity index (χ1) is 11.7. The van der Waals surface area contributed by atoms with Crippen molar-refractivity contribution in [1.82, 2.24) is 4.90 Å². The molecule has 0 radical (unpaired) electrons. The summed E-state index contributed by atoms with van der Waals surface area (Å²) >= 11 is 0. The van der Waals surface area contributed by atoms with Crippen LogP contribution >= 0.6 is 0 Å². The van der Waals surface area contributed by atoms with Crippen molar-refractivity contribution in [2.24, 2.45) is 0 Å². The number of nitrogens with zero attached hydrogens (tertiary/aromatic N) is 1. The van der Waals surface area contributed by atoms with Gasteiger partial charge in [0.15, 0.2) is 0 Å². The Morgan fingerprint density at radius 1 is 0.792 bits per heavy atom. The summed E-state index contributed by atoms with van der Waals surface area (Å²) in [6, 6.07) is 28.4. The maximum atomic E-state index is 13.1. The van der Waals surface area contributed by atoms with Gasteiger partial charge < -0.3 is 4.90 Å². The lowest BCUT2D eigenvalue weighted by atomic mass is 9.84. The molecule has 2 nitrogen and oxygen atoms in total. The first-order valence-corrected chi connectivity index (χ1v) is 8.22. The van der Waals surface area contributed by atoms with Crippen LogP contribution in [0.4, 0.5) is 0 Å². The Morgan fingerprint density at radius 2 is 1.38 bits per heavy atom. The molecule has 0 saturated carbocycles. The summed E-state index contributed by atoms with van der Waals surface area (Å²) in [6.07, 6.45) is 0. The van der Waals surface area contributed by atoms with Gasteiger partial charge in [-0.1, -0.05) is 78.9 Å². The first-order valence-electron chi connectivity index (χ1n) is 8.22. The third kappa shape index (κ3) is 2.15. The lowest BCUT2D eigenvalue weighted by Crippen LogP contribution is -2.41. The van der Waals surface area contributed by atoms with Gasteiger partial charge in [0.2, 0.25) is 0 Å². The maximum absolute atomic E-state index is 13.1. The molecule has 0 saturated heterocycles. The molecule has 1 aliphatic heterocycles. The van der Waals surface area contributed by atoms with Crippen molar-refractivity contribution in [3.05, 3.63) is 107 Å². The van der Waals surface area contributed by atoms with E-state index in [2.05, 4.69) is 37.3 Å². The van der Waals surface area contributed by atoms with Crippen LogP contribution in [-0.4, -0.2) is 10.8 Å². The highest BCUT2D eigenvalue weighted by molar-refractivity contribution is 6.00. The predicted molar refractivity (Wildman–Crippen MR) is 95.7 cm³/mol. The van der Waals surface area contributed by atoms with Crippen molar-refractivity contribution in [3.8, 4) is 0 Å². The Labute approximate surface area is 142 Å². The van der Waals surface area contributed by atoms with Crippen LogP contribution in [0.1, 0.15) is 34.0 Å². The standard InChI is InChI=1S/C22H19NO/c1-22(18-12-6-3-7-13-18)20-15-9-8-14-19(20)21(24)23(22)16-17-10-4-2-5-11-17/h2-15H,16H2,1H3. The fraction of sp³-hybridized carbons (Fsp3) is 0.136. The van der Waals surface area contributed by atoms with Crippen LogP contribution in [0.3, 0.4) is 0 Å². The highest BCUT2D eigenvalue weighted by Gasteiger charge is 2.46. The molecule has 0 fully saturated rings. The molecule has 0 aromatic heterocycles. The van der Waals surface area contributed by atoms with Gasteiger partial charge >= 0.3 is 0 Å². The number of benzene rings is 3. The van der Waals surface area contributed by atoms with Crippen LogP contribution in [0.25, 0.3) is 0 Å². The average Bonchev–Trinajstić information content (AvgIpc) is 2.87. The van der Waals surface area contributed by atoms with E-state index in [0.717, 1.165) is 22.3 Å². The van der Waals surface area contributed by atoms with Gasteiger partial charge in [0.25, 0.3) is 5.91 Å². The second kappa shape index (κ2) is 5.64. The smallest absolute Gasteiger partial charge is 0.255 e. The van der Waals surface area contributed by atoms with Crippen LogP contribution < -0.4 is 0 Å². The van der Waals surface area contributed by atoms with Gasteiger partial charge in [-0.25, -0.2) is 0 Å². The Bertz CT molecular complexity index is 873. The zero-order valence-electron chi connectivity index (χ0n) is 13.6. The molecule has 1 amide bonds. The lowest BCUT2D eigenvalue weighted by molar-refractivity contribution is 0.0630. The first kappa shape index (κ1) is 14.7. The van der Waals surface area contributed by atoms with Gasteiger partial charge in [0, 0.05) is 12.1 Å². The molecular formula is C22H19NO. The Balaban J connectivity index is 1.87. The Hall–Kier alpha value is -2.87. The molecule has 1 unspecified atom stereocenters. The van der Waals surface area contributed by atoms with E-state index < -0.39 is 5.54 Å². The largest absolute Gasteiger partial charge is 0.321 e. The van der Waals surface area contributed by atoms with Crippen LogP contribution in [-0.2, 0) is 12.1 Å². The molecule has 2 heteroatoms. The number of fused-ring (bicyclic) bond motifs is 1. The van der Waals surface area contributed by atoms with Crippen LogP contribution in [0.5, 0.6) is 0 Å². The minimum atomic E-state index is -0.454. The minimum absolute atomic E-state index is 0.0980. The van der Waals surface area contributed by atoms with Crippen molar-refractivity contribution in [3.63, 3.8) is 0 Å². The molecule has 3 aromatic rings. The lowest BCUT2D eigenvalue weighted by Gasteiger charge is -2.37.